The third-order valence-electron chi connectivity index (χ3n) is 3.51. The first-order chi connectivity index (χ1) is 12.6. The van der Waals surface area contributed by atoms with Gasteiger partial charge in [-0.3, -0.25) is 4.79 Å². The van der Waals surface area contributed by atoms with Gasteiger partial charge in [-0.1, -0.05) is 19.8 Å². The molecule has 0 aliphatic heterocycles. The predicted octanol–water partition coefficient (Wildman–Crippen LogP) is 3.00. The Morgan fingerprint density at radius 3 is 2.92 bits per heavy atom. The monoisotopic (exact) mass is 376 g/mol. The van der Waals surface area contributed by atoms with Crippen molar-refractivity contribution in [3.8, 4) is 11.5 Å². The lowest BCUT2D eigenvalue weighted by Gasteiger charge is -2.11. The first-order valence-electron chi connectivity index (χ1n) is 8.45. The Hall–Kier alpha value is -2.61. The van der Waals surface area contributed by atoms with Crippen LogP contribution in [0, 0.1) is 0 Å². The van der Waals surface area contributed by atoms with Crippen molar-refractivity contribution in [2.45, 2.75) is 32.6 Å². The molecule has 0 spiro atoms. The van der Waals surface area contributed by atoms with Crippen LogP contribution in [0.4, 0.5) is 5.13 Å². The number of rotatable bonds is 10. The molecule has 140 valence electrons. The van der Waals surface area contributed by atoms with Crippen LogP contribution in [0.3, 0.4) is 0 Å². The average molecular weight is 376 g/mol. The maximum absolute atomic E-state index is 11.8. The van der Waals surface area contributed by atoms with Gasteiger partial charge in [0.15, 0.2) is 16.6 Å². The molecule has 0 fully saturated rings. The van der Waals surface area contributed by atoms with Crippen LogP contribution in [0.5, 0.6) is 11.5 Å². The molecular formula is C18H24N4O3S. The van der Waals surface area contributed by atoms with Crippen molar-refractivity contribution in [3.63, 3.8) is 0 Å². The summed E-state index contributed by atoms with van der Waals surface area (Å²) in [6.07, 6.45) is 4.99. The molecule has 0 radical (unpaired) electrons. The van der Waals surface area contributed by atoms with Crippen molar-refractivity contribution in [3.05, 3.63) is 34.8 Å². The molecule has 1 aromatic carbocycles. The van der Waals surface area contributed by atoms with E-state index in [1.807, 2.05) is 18.2 Å². The summed E-state index contributed by atoms with van der Waals surface area (Å²) < 4.78 is 11.1. The zero-order valence-electron chi connectivity index (χ0n) is 15.0. The predicted molar refractivity (Wildman–Crippen MR) is 104 cm³/mol. The zero-order chi connectivity index (χ0) is 18.8. The molecule has 2 rings (SSSR count). The van der Waals surface area contributed by atoms with Gasteiger partial charge in [0.05, 0.1) is 32.0 Å². The third-order valence-corrected chi connectivity index (χ3v) is 4.23. The van der Waals surface area contributed by atoms with Crippen LogP contribution in [0.1, 0.15) is 37.4 Å². The summed E-state index contributed by atoms with van der Waals surface area (Å²) in [5.74, 6) is 1.08. The number of thiazole rings is 1. The van der Waals surface area contributed by atoms with Gasteiger partial charge in [-0.2, -0.15) is 5.10 Å². The van der Waals surface area contributed by atoms with Gasteiger partial charge in [0.2, 0.25) is 5.91 Å². The van der Waals surface area contributed by atoms with Crippen molar-refractivity contribution in [2.24, 2.45) is 5.10 Å². The van der Waals surface area contributed by atoms with E-state index in [4.69, 9.17) is 15.2 Å². The molecule has 26 heavy (non-hydrogen) atoms. The summed E-state index contributed by atoms with van der Waals surface area (Å²) in [6.45, 7) is 2.81. The van der Waals surface area contributed by atoms with Gasteiger partial charge in [0.1, 0.15) is 0 Å². The molecule has 0 saturated carbocycles. The second-order valence-corrected chi connectivity index (χ2v) is 6.50. The van der Waals surface area contributed by atoms with Gasteiger partial charge in [0, 0.05) is 5.38 Å². The molecule has 0 aliphatic rings. The maximum Gasteiger partial charge on any atom is 0.246 e. The number of nitrogens with one attached hydrogen (secondary N) is 1. The molecule has 0 unspecified atom stereocenters. The second-order valence-electron chi connectivity index (χ2n) is 5.61. The molecule has 0 saturated heterocycles. The number of nitrogens with zero attached hydrogens (tertiary/aromatic N) is 2. The number of hydrazone groups is 1. The summed E-state index contributed by atoms with van der Waals surface area (Å²) in [7, 11) is 1.59. The summed E-state index contributed by atoms with van der Waals surface area (Å²) in [5.41, 5.74) is 9.43. The number of hydrogen-bond donors (Lipinski definition) is 2. The number of ether oxygens (including phenoxy) is 2. The number of hydrogen-bond acceptors (Lipinski definition) is 7. The van der Waals surface area contributed by atoms with E-state index in [0.29, 0.717) is 28.9 Å². The van der Waals surface area contributed by atoms with Crippen molar-refractivity contribution in [1.29, 1.82) is 0 Å². The van der Waals surface area contributed by atoms with E-state index in [2.05, 4.69) is 22.4 Å². The number of unbranched alkanes of at least 4 members (excludes halogenated alkanes) is 2. The molecular weight excluding hydrogens is 352 g/mol. The summed E-state index contributed by atoms with van der Waals surface area (Å²) in [6, 6.07) is 5.51. The van der Waals surface area contributed by atoms with E-state index in [-0.39, 0.29) is 12.3 Å². The van der Waals surface area contributed by atoms with Crippen LogP contribution in [-0.4, -0.2) is 30.8 Å². The van der Waals surface area contributed by atoms with Crippen LogP contribution in [-0.2, 0) is 11.2 Å². The van der Waals surface area contributed by atoms with E-state index >= 15 is 0 Å². The minimum absolute atomic E-state index is 0.138. The Bertz CT molecular complexity index is 746. The fourth-order valence-electron chi connectivity index (χ4n) is 2.20. The largest absolute Gasteiger partial charge is 0.493 e. The fourth-order valence-corrected chi connectivity index (χ4v) is 2.77. The fraction of sp³-hybridized carbons (Fsp3) is 0.389. The van der Waals surface area contributed by atoms with E-state index < -0.39 is 0 Å². The molecule has 1 amide bonds. The van der Waals surface area contributed by atoms with Gasteiger partial charge in [0.25, 0.3) is 0 Å². The quantitative estimate of drug-likeness (QED) is 0.377. The molecule has 0 atom stereocenters. The van der Waals surface area contributed by atoms with Crippen LogP contribution in [0.2, 0.25) is 0 Å². The zero-order valence-corrected chi connectivity index (χ0v) is 15.8. The van der Waals surface area contributed by atoms with Crippen LogP contribution in [0.25, 0.3) is 0 Å². The summed E-state index contributed by atoms with van der Waals surface area (Å²) in [4.78, 5) is 15.9. The molecule has 0 bridgehead atoms. The van der Waals surface area contributed by atoms with E-state index in [9.17, 15) is 4.79 Å². The van der Waals surface area contributed by atoms with Gasteiger partial charge in [-0.25, -0.2) is 10.4 Å². The van der Waals surface area contributed by atoms with Crippen molar-refractivity contribution < 1.29 is 14.3 Å². The third kappa shape index (κ3) is 6.36. The number of methoxy groups -OCH3 is 1. The number of carbonyl (C=O) groups excluding carboxylic acids is 1. The van der Waals surface area contributed by atoms with Crippen molar-refractivity contribution in [1.82, 2.24) is 10.4 Å². The molecule has 8 heteroatoms. The van der Waals surface area contributed by atoms with Gasteiger partial charge < -0.3 is 15.2 Å². The lowest BCUT2D eigenvalue weighted by molar-refractivity contribution is -0.120. The van der Waals surface area contributed by atoms with Crippen LogP contribution < -0.4 is 20.6 Å². The first kappa shape index (κ1) is 19.7. The van der Waals surface area contributed by atoms with Crippen molar-refractivity contribution in [2.75, 3.05) is 19.5 Å². The first-order valence-corrected chi connectivity index (χ1v) is 9.33. The lowest BCUT2D eigenvalue weighted by atomic mass is 10.2. The second kappa shape index (κ2) is 10.4. The molecule has 1 aromatic heterocycles. The highest BCUT2D eigenvalue weighted by Gasteiger charge is 2.07. The highest BCUT2D eigenvalue weighted by molar-refractivity contribution is 7.13. The van der Waals surface area contributed by atoms with Gasteiger partial charge in [-0.15, -0.1) is 11.3 Å². The average Bonchev–Trinajstić information content (AvgIpc) is 3.04. The summed E-state index contributed by atoms with van der Waals surface area (Å²) in [5, 5.41) is 6.16. The lowest BCUT2D eigenvalue weighted by Crippen LogP contribution is -2.19. The molecule has 1 heterocycles. The number of amides is 1. The SMILES string of the molecule is CCCCCOc1ccc(/C=N/NC(=O)Cc2csc(N)n2)cc1OC. The molecule has 3 N–H and O–H groups in total. The number of nitrogen functional groups attached to an aromatic ring is 1. The number of nitrogens with two attached hydrogens (primary N) is 1. The number of benzene rings is 1. The maximum atomic E-state index is 11.8. The Morgan fingerprint density at radius 2 is 2.23 bits per heavy atom. The minimum atomic E-state index is -0.255. The topological polar surface area (TPSA) is 98.8 Å². The molecule has 2 aromatic rings. The Balaban J connectivity index is 1.87. The van der Waals surface area contributed by atoms with Crippen molar-refractivity contribution >= 4 is 28.6 Å². The summed E-state index contributed by atoms with van der Waals surface area (Å²) >= 11 is 1.30. The highest BCUT2D eigenvalue weighted by atomic mass is 32.1. The number of anilines is 1. The normalized spacial score (nSPS) is 10.8. The Labute approximate surface area is 157 Å². The minimum Gasteiger partial charge on any atom is -0.493 e. The van der Waals surface area contributed by atoms with Gasteiger partial charge in [-0.05, 0) is 30.2 Å². The smallest absolute Gasteiger partial charge is 0.246 e. The number of carbonyl (C=O) groups is 1. The van der Waals surface area contributed by atoms with E-state index in [1.165, 1.54) is 11.3 Å². The standard InChI is InChI=1S/C18H24N4O3S/c1-3-4-5-8-25-15-7-6-13(9-16(15)24-2)11-20-22-17(23)10-14-12-26-18(19)21-14/h6-7,9,11-12H,3-5,8,10H2,1-2H3,(H2,19,21)(H,22,23)/b20-11+. The van der Waals surface area contributed by atoms with E-state index in [0.717, 1.165) is 24.8 Å². The Kier molecular flexibility index (Phi) is 7.88. The molecule has 7 nitrogen and oxygen atoms in total. The van der Waals surface area contributed by atoms with Crippen LogP contribution >= 0.6 is 11.3 Å². The number of aromatic nitrogens is 1. The Morgan fingerprint density at radius 1 is 1.38 bits per heavy atom. The highest BCUT2D eigenvalue weighted by Crippen LogP contribution is 2.27. The van der Waals surface area contributed by atoms with Crippen LogP contribution in [0.15, 0.2) is 28.7 Å². The van der Waals surface area contributed by atoms with Gasteiger partial charge >= 0.3 is 0 Å². The molecule has 0 aliphatic carbocycles. The van der Waals surface area contributed by atoms with E-state index in [1.54, 1.807) is 18.7 Å².